The predicted molar refractivity (Wildman–Crippen MR) is 98.6 cm³/mol. The van der Waals surface area contributed by atoms with E-state index < -0.39 is 0 Å². The Balaban J connectivity index is 2.13. The highest BCUT2D eigenvalue weighted by molar-refractivity contribution is 9.10. The summed E-state index contributed by atoms with van der Waals surface area (Å²) in [5, 5.41) is 3.47. The molecule has 0 saturated carbocycles. The Kier molecular flexibility index (Phi) is 6.08. The number of benzene rings is 2. The minimum atomic E-state index is -0.188. The van der Waals surface area contributed by atoms with E-state index in [1.807, 2.05) is 13.0 Å². The Labute approximate surface area is 150 Å². The van der Waals surface area contributed by atoms with Gasteiger partial charge in [-0.25, -0.2) is 0 Å². The monoisotopic (exact) mass is 395 g/mol. The zero-order valence-corrected chi connectivity index (χ0v) is 15.7. The normalized spacial score (nSPS) is 10.7. The second-order valence-electron chi connectivity index (χ2n) is 5.76. The van der Waals surface area contributed by atoms with Gasteiger partial charge < -0.3 is 10.1 Å². The standard InChI is InChI=1S/C18H19BrClNO2/c1-11(2)10-23-17-7-5-13(8-15(17)19)18(22)21-16-9-14(20)6-4-12(16)3/h4-9,11H,10H2,1-3H3,(H,21,22). The molecule has 0 aliphatic rings. The summed E-state index contributed by atoms with van der Waals surface area (Å²) in [4.78, 5) is 12.4. The van der Waals surface area contributed by atoms with E-state index in [1.165, 1.54) is 0 Å². The second kappa shape index (κ2) is 7.84. The van der Waals surface area contributed by atoms with Crippen molar-refractivity contribution < 1.29 is 9.53 Å². The van der Waals surface area contributed by atoms with Crippen LogP contribution >= 0.6 is 27.5 Å². The lowest BCUT2D eigenvalue weighted by molar-refractivity contribution is 0.102. The molecule has 2 rings (SSSR count). The molecule has 23 heavy (non-hydrogen) atoms. The predicted octanol–water partition coefficient (Wildman–Crippen LogP) is 5.70. The molecule has 1 N–H and O–H groups in total. The lowest BCUT2D eigenvalue weighted by Gasteiger charge is -2.12. The summed E-state index contributed by atoms with van der Waals surface area (Å²) in [5.41, 5.74) is 2.21. The van der Waals surface area contributed by atoms with Crippen LogP contribution in [-0.4, -0.2) is 12.5 Å². The number of anilines is 1. The van der Waals surface area contributed by atoms with Crippen LogP contribution in [0.3, 0.4) is 0 Å². The van der Waals surface area contributed by atoms with E-state index in [0.29, 0.717) is 28.8 Å². The van der Waals surface area contributed by atoms with Crippen molar-refractivity contribution >= 4 is 39.1 Å². The molecule has 0 fully saturated rings. The van der Waals surface area contributed by atoms with Gasteiger partial charge in [0, 0.05) is 16.3 Å². The van der Waals surface area contributed by atoms with Crippen molar-refractivity contribution in [3.8, 4) is 5.75 Å². The van der Waals surface area contributed by atoms with Gasteiger partial charge in [0.25, 0.3) is 5.91 Å². The van der Waals surface area contributed by atoms with Gasteiger partial charge in [-0.1, -0.05) is 31.5 Å². The van der Waals surface area contributed by atoms with Crippen molar-refractivity contribution in [2.75, 3.05) is 11.9 Å². The van der Waals surface area contributed by atoms with Gasteiger partial charge in [-0.3, -0.25) is 4.79 Å². The summed E-state index contributed by atoms with van der Waals surface area (Å²) in [5.74, 6) is 0.983. The molecule has 0 aliphatic heterocycles. The molecule has 0 bridgehead atoms. The Morgan fingerprint density at radius 3 is 2.65 bits per heavy atom. The van der Waals surface area contributed by atoms with Gasteiger partial charge in [-0.05, 0) is 64.7 Å². The minimum Gasteiger partial charge on any atom is -0.492 e. The zero-order valence-electron chi connectivity index (χ0n) is 13.3. The highest BCUT2D eigenvalue weighted by Crippen LogP contribution is 2.27. The van der Waals surface area contributed by atoms with Crippen molar-refractivity contribution in [1.29, 1.82) is 0 Å². The summed E-state index contributed by atoms with van der Waals surface area (Å²) in [7, 11) is 0. The van der Waals surface area contributed by atoms with E-state index in [4.69, 9.17) is 16.3 Å². The second-order valence-corrected chi connectivity index (χ2v) is 7.05. The Bertz CT molecular complexity index is 716. The molecule has 2 aromatic rings. The van der Waals surface area contributed by atoms with Crippen LogP contribution in [0.4, 0.5) is 5.69 Å². The van der Waals surface area contributed by atoms with Gasteiger partial charge in [0.2, 0.25) is 0 Å². The number of amides is 1. The number of aryl methyl sites for hydroxylation is 1. The quantitative estimate of drug-likeness (QED) is 0.704. The first kappa shape index (κ1) is 17.8. The van der Waals surface area contributed by atoms with Crippen LogP contribution < -0.4 is 10.1 Å². The van der Waals surface area contributed by atoms with Gasteiger partial charge in [0.05, 0.1) is 11.1 Å². The maximum absolute atomic E-state index is 12.4. The van der Waals surface area contributed by atoms with E-state index in [1.54, 1.807) is 30.3 Å². The topological polar surface area (TPSA) is 38.3 Å². The maximum Gasteiger partial charge on any atom is 0.255 e. The summed E-state index contributed by atoms with van der Waals surface area (Å²) in [6.45, 7) is 6.72. The van der Waals surface area contributed by atoms with Crippen LogP contribution in [0.25, 0.3) is 0 Å². The highest BCUT2D eigenvalue weighted by Gasteiger charge is 2.11. The smallest absolute Gasteiger partial charge is 0.255 e. The van der Waals surface area contributed by atoms with Gasteiger partial charge in [0.1, 0.15) is 5.75 Å². The molecule has 3 nitrogen and oxygen atoms in total. The third-order valence-electron chi connectivity index (χ3n) is 3.21. The van der Waals surface area contributed by atoms with Gasteiger partial charge in [-0.15, -0.1) is 0 Å². The molecule has 2 aromatic carbocycles. The van der Waals surface area contributed by atoms with Crippen LogP contribution in [0, 0.1) is 12.8 Å². The zero-order chi connectivity index (χ0) is 17.0. The van der Waals surface area contributed by atoms with Crippen molar-refractivity contribution in [1.82, 2.24) is 0 Å². The first-order valence-electron chi connectivity index (χ1n) is 7.36. The van der Waals surface area contributed by atoms with Crippen molar-refractivity contribution in [2.24, 2.45) is 5.92 Å². The number of halogens is 2. The largest absolute Gasteiger partial charge is 0.492 e. The van der Waals surface area contributed by atoms with E-state index in [9.17, 15) is 4.79 Å². The summed E-state index contributed by atoms with van der Waals surface area (Å²) < 4.78 is 6.45. The summed E-state index contributed by atoms with van der Waals surface area (Å²) in [6, 6.07) is 10.7. The summed E-state index contributed by atoms with van der Waals surface area (Å²) >= 11 is 9.43. The molecule has 122 valence electrons. The molecule has 0 spiro atoms. The van der Waals surface area contributed by atoms with Gasteiger partial charge in [-0.2, -0.15) is 0 Å². The van der Waals surface area contributed by atoms with Crippen LogP contribution in [0.2, 0.25) is 5.02 Å². The molecule has 0 heterocycles. The van der Waals surface area contributed by atoms with Crippen LogP contribution in [0.5, 0.6) is 5.75 Å². The molecule has 0 aliphatic carbocycles. The first-order valence-corrected chi connectivity index (χ1v) is 8.53. The average molecular weight is 397 g/mol. The lowest BCUT2D eigenvalue weighted by atomic mass is 10.1. The number of rotatable bonds is 5. The van der Waals surface area contributed by atoms with Crippen molar-refractivity contribution in [3.63, 3.8) is 0 Å². The highest BCUT2D eigenvalue weighted by atomic mass is 79.9. The molecule has 0 saturated heterocycles. The molecular weight excluding hydrogens is 378 g/mol. The number of ether oxygens (including phenoxy) is 1. The average Bonchev–Trinajstić information content (AvgIpc) is 2.49. The van der Waals surface area contributed by atoms with Gasteiger partial charge >= 0.3 is 0 Å². The fourth-order valence-corrected chi connectivity index (χ4v) is 2.60. The fraction of sp³-hybridized carbons (Fsp3) is 0.278. The fourth-order valence-electron chi connectivity index (χ4n) is 1.94. The number of nitrogens with one attached hydrogen (secondary N) is 1. The van der Waals surface area contributed by atoms with Crippen molar-refractivity contribution in [2.45, 2.75) is 20.8 Å². The number of carbonyl (C=O) groups is 1. The Morgan fingerprint density at radius 2 is 2.00 bits per heavy atom. The number of hydrogen-bond acceptors (Lipinski definition) is 2. The van der Waals surface area contributed by atoms with Crippen molar-refractivity contribution in [3.05, 3.63) is 57.0 Å². The number of hydrogen-bond donors (Lipinski definition) is 1. The molecule has 1 amide bonds. The first-order chi connectivity index (χ1) is 10.9. The number of carbonyl (C=O) groups excluding carboxylic acids is 1. The molecule has 0 aromatic heterocycles. The molecule has 0 atom stereocenters. The molecule has 0 radical (unpaired) electrons. The molecule has 0 unspecified atom stereocenters. The molecular formula is C18H19BrClNO2. The SMILES string of the molecule is Cc1ccc(Cl)cc1NC(=O)c1ccc(OCC(C)C)c(Br)c1. The van der Waals surface area contributed by atoms with Crippen LogP contribution in [0.15, 0.2) is 40.9 Å². The van der Waals surface area contributed by atoms with E-state index in [2.05, 4.69) is 35.1 Å². The van der Waals surface area contributed by atoms with Crippen LogP contribution in [0.1, 0.15) is 29.8 Å². The lowest BCUT2D eigenvalue weighted by Crippen LogP contribution is -2.13. The third kappa shape index (κ3) is 4.98. The third-order valence-corrected chi connectivity index (χ3v) is 4.07. The molecule has 5 heteroatoms. The Morgan fingerprint density at radius 1 is 1.26 bits per heavy atom. The van der Waals surface area contributed by atoms with E-state index >= 15 is 0 Å². The van der Waals surface area contributed by atoms with Gasteiger partial charge in [0.15, 0.2) is 0 Å². The minimum absolute atomic E-state index is 0.188. The van der Waals surface area contributed by atoms with Crippen LogP contribution in [-0.2, 0) is 0 Å². The summed E-state index contributed by atoms with van der Waals surface area (Å²) in [6.07, 6.45) is 0. The Hall–Kier alpha value is -1.52. The van der Waals surface area contributed by atoms with E-state index in [0.717, 1.165) is 15.8 Å². The maximum atomic E-state index is 12.4. The van der Waals surface area contributed by atoms with E-state index in [-0.39, 0.29) is 5.91 Å².